The van der Waals surface area contributed by atoms with Gasteiger partial charge in [-0.3, -0.25) is 4.79 Å². The van der Waals surface area contributed by atoms with E-state index < -0.39 is 0 Å². The van der Waals surface area contributed by atoms with Crippen LogP contribution in [0.25, 0.3) is 0 Å². The third kappa shape index (κ3) is 4.97. The van der Waals surface area contributed by atoms with Crippen LogP contribution in [0.4, 0.5) is 0 Å². The van der Waals surface area contributed by atoms with Gasteiger partial charge in [-0.05, 0) is 38.1 Å². The van der Waals surface area contributed by atoms with Crippen molar-refractivity contribution < 1.29 is 4.79 Å². The fourth-order valence-electron chi connectivity index (χ4n) is 3.03. The Balaban J connectivity index is 2.35. The Labute approximate surface area is 112 Å². The van der Waals surface area contributed by atoms with Crippen LogP contribution >= 0.6 is 0 Å². The van der Waals surface area contributed by atoms with Crippen LogP contribution in [0.5, 0.6) is 0 Å². The molecule has 1 aliphatic carbocycles. The zero-order chi connectivity index (χ0) is 13.4. The van der Waals surface area contributed by atoms with Gasteiger partial charge in [0.25, 0.3) is 0 Å². The Morgan fingerprint density at radius 3 is 2.78 bits per heavy atom. The minimum absolute atomic E-state index is 0.266. The van der Waals surface area contributed by atoms with Crippen molar-refractivity contribution in [3.8, 4) is 0 Å². The van der Waals surface area contributed by atoms with Gasteiger partial charge in [0.1, 0.15) is 0 Å². The Kier molecular flexibility index (Phi) is 7.33. The topological polar surface area (TPSA) is 46.3 Å². The number of carbonyl (C=O) groups is 1. The Bertz CT molecular complexity index is 241. The molecule has 18 heavy (non-hydrogen) atoms. The van der Waals surface area contributed by atoms with Crippen LogP contribution in [-0.2, 0) is 4.79 Å². The van der Waals surface area contributed by atoms with Gasteiger partial charge in [0, 0.05) is 19.5 Å². The van der Waals surface area contributed by atoms with Crippen LogP contribution < -0.4 is 5.73 Å². The zero-order valence-electron chi connectivity index (χ0n) is 12.2. The summed E-state index contributed by atoms with van der Waals surface area (Å²) in [7, 11) is 1.96. The highest BCUT2D eigenvalue weighted by Crippen LogP contribution is 2.31. The van der Waals surface area contributed by atoms with Crippen LogP contribution in [0.1, 0.15) is 58.3 Å². The molecule has 2 unspecified atom stereocenters. The maximum atomic E-state index is 12.3. The lowest BCUT2D eigenvalue weighted by Gasteiger charge is -2.31. The number of hydrogen-bond acceptors (Lipinski definition) is 2. The van der Waals surface area contributed by atoms with E-state index in [1.807, 2.05) is 11.9 Å². The van der Waals surface area contributed by atoms with E-state index >= 15 is 0 Å². The molecule has 2 N–H and O–H groups in total. The third-order valence-electron chi connectivity index (χ3n) is 4.18. The van der Waals surface area contributed by atoms with E-state index in [9.17, 15) is 4.79 Å². The highest BCUT2D eigenvalue weighted by atomic mass is 16.2. The fourth-order valence-corrected chi connectivity index (χ4v) is 3.03. The van der Waals surface area contributed by atoms with Gasteiger partial charge in [-0.25, -0.2) is 0 Å². The molecule has 0 bridgehead atoms. The second-order valence-electron chi connectivity index (χ2n) is 5.77. The van der Waals surface area contributed by atoms with Gasteiger partial charge >= 0.3 is 0 Å². The lowest BCUT2D eigenvalue weighted by molar-refractivity contribution is -0.135. The summed E-state index contributed by atoms with van der Waals surface area (Å²) in [5, 5.41) is 0. The maximum absolute atomic E-state index is 12.3. The van der Waals surface area contributed by atoms with Crippen LogP contribution in [-0.4, -0.2) is 30.9 Å². The highest BCUT2D eigenvalue weighted by molar-refractivity contribution is 5.78. The number of nitrogens with zero attached hydrogens (tertiary/aromatic N) is 1. The molecule has 3 nitrogen and oxygen atoms in total. The Morgan fingerprint density at radius 1 is 1.33 bits per heavy atom. The molecule has 0 aromatic heterocycles. The molecule has 2 atom stereocenters. The molecule has 0 radical (unpaired) electrons. The molecule has 1 fully saturated rings. The smallest absolute Gasteiger partial charge is 0.225 e. The minimum atomic E-state index is 0.266. The molecule has 1 saturated carbocycles. The predicted octanol–water partition coefficient (Wildman–Crippen LogP) is 2.79. The number of amides is 1. The average Bonchev–Trinajstić information content (AvgIpc) is 2.39. The SMILES string of the molecule is CCCCCN(C)C(=O)C1CCCC(CCN)C1. The summed E-state index contributed by atoms with van der Waals surface area (Å²) in [6.45, 7) is 3.88. The summed E-state index contributed by atoms with van der Waals surface area (Å²) in [5.41, 5.74) is 5.63. The summed E-state index contributed by atoms with van der Waals surface area (Å²) in [6.07, 6.45) is 9.26. The number of carbonyl (C=O) groups excluding carboxylic acids is 1. The van der Waals surface area contributed by atoms with Gasteiger partial charge in [-0.1, -0.05) is 32.6 Å². The van der Waals surface area contributed by atoms with Crippen molar-refractivity contribution in [2.24, 2.45) is 17.6 Å². The van der Waals surface area contributed by atoms with Crippen LogP contribution in [0, 0.1) is 11.8 Å². The van der Waals surface area contributed by atoms with Gasteiger partial charge < -0.3 is 10.6 Å². The van der Waals surface area contributed by atoms with E-state index in [0.717, 1.165) is 38.8 Å². The van der Waals surface area contributed by atoms with E-state index in [-0.39, 0.29) is 5.92 Å². The molecule has 0 aliphatic heterocycles. The van der Waals surface area contributed by atoms with Crippen LogP contribution in [0.3, 0.4) is 0 Å². The molecule has 106 valence electrons. The first-order chi connectivity index (χ1) is 8.69. The number of rotatable bonds is 7. The van der Waals surface area contributed by atoms with Gasteiger partial charge in [0.15, 0.2) is 0 Å². The normalized spacial score (nSPS) is 23.9. The monoisotopic (exact) mass is 254 g/mol. The first-order valence-corrected chi connectivity index (χ1v) is 7.64. The first kappa shape index (κ1) is 15.5. The van der Waals surface area contributed by atoms with E-state index in [2.05, 4.69) is 6.92 Å². The van der Waals surface area contributed by atoms with Gasteiger partial charge in [0.2, 0.25) is 5.91 Å². The Morgan fingerprint density at radius 2 is 2.11 bits per heavy atom. The molecule has 3 heteroatoms. The Hall–Kier alpha value is -0.570. The molecular weight excluding hydrogens is 224 g/mol. The third-order valence-corrected chi connectivity index (χ3v) is 4.18. The van der Waals surface area contributed by atoms with E-state index in [1.165, 1.54) is 25.7 Å². The largest absolute Gasteiger partial charge is 0.346 e. The van der Waals surface area contributed by atoms with Crippen molar-refractivity contribution in [2.45, 2.75) is 58.3 Å². The fraction of sp³-hybridized carbons (Fsp3) is 0.933. The van der Waals surface area contributed by atoms with Crippen molar-refractivity contribution in [3.05, 3.63) is 0 Å². The maximum Gasteiger partial charge on any atom is 0.225 e. The molecular formula is C15H30N2O. The summed E-state index contributed by atoms with van der Waals surface area (Å²) in [4.78, 5) is 14.3. The van der Waals surface area contributed by atoms with Crippen LogP contribution in [0.15, 0.2) is 0 Å². The molecule has 0 saturated heterocycles. The molecule has 1 rings (SSSR count). The van der Waals surface area contributed by atoms with E-state index in [4.69, 9.17) is 5.73 Å². The molecule has 1 amide bonds. The summed E-state index contributed by atoms with van der Waals surface area (Å²) in [6, 6.07) is 0. The first-order valence-electron chi connectivity index (χ1n) is 7.64. The lowest BCUT2D eigenvalue weighted by Crippen LogP contribution is -2.36. The second kappa shape index (κ2) is 8.52. The second-order valence-corrected chi connectivity index (χ2v) is 5.77. The van der Waals surface area contributed by atoms with Crippen molar-refractivity contribution >= 4 is 5.91 Å². The molecule has 0 aromatic carbocycles. The molecule has 0 spiro atoms. The van der Waals surface area contributed by atoms with Crippen molar-refractivity contribution in [1.82, 2.24) is 4.90 Å². The predicted molar refractivity (Wildman–Crippen MR) is 76.3 cm³/mol. The molecule has 1 aliphatic rings. The van der Waals surface area contributed by atoms with E-state index in [1.54, 1.807) is 0 Å². The standard InChI is InChI=1S/C15H30N2O/c1-3-4-5-11-17(2)15(18)14-8-6-7-13(12-14)9-10-16/h13-14H,3-12,16H2,1-2H3. The van der Waals surface area contributed by atoms with Gasteiger partial charge in [-0.2, -0.15) is 0 Å². The summed E-state index contributed by atoms with van der Waals surface area (Å²) < 4.78 is 0. The van der Waals surface area contributed by atoms with Gasteiger partial charge in [-0.15, -0.1) is 0 Å². The van der Waals surface area contributed by atoms with Crippen molar-refractivity contribution in [2.75, 3.05) is 20.1 Å². The van der Waals surface area contributed by atoms with Crippen LogP contribution in [0.2, 0.25) is 0 Å². The highest BCUT2D eigenvalue weighted by Gasteiger charge is 2.28. The minimum Gasteiger partial charge on any atom is -0.346 e. The summed E-state index contributed by atoms with van der Waals surface area (Å²) in [5.74, 6) is 1.32. The zero-order valence-corrected chi connectivity index (χ0v) is 12.2. The molecule has 0 aromatic rings. The quantitative estimate of drug-likeness (QED) is 0.710. The van der Waals surface area contributed by atoms with E-state index in [0.29, 0.717) is 11.8 Å². The number of hydrogen-bond donors (Lipinski definition) is 1. The number of nitrogens with two attached hydrogens (primary N) is 1. The summed E-state index contributed by atoms with van der Waals surface area (Å²) >= 11 is 0. The average molecular weight is 254 g/mol. The van der Waals surface area contributed by atoms with Crippen molar-refractivity contribution in [3.63, 3.8) is 0 Å². The number of unbranched alkanes of at least 4 members (excludes halogenated alkanes) is 2. The lowest BCUT2D eigenvalue weighted by atomic mass is 9.79. The van der Waals surface area contributed by atoms with Gasteiger partial charge in [0.05, 0.1) is 0 Å². The molecule has 0 heterocycles. The van der Waals surface area contributed by atoms with Crippen molar-refractivity contribution in [1.29, 1.82) is 0 Å².